The van der Waals surface area contributed by atoms with Gasteiger partial charge in [-0.1, -0.05) is 42.5 Å². The van der Waals surface area contributed by atoms with Crippen molar-refractivity contribution in [2.45, 2.75) is 0 Å². The van der Waals surface area contributed by atoms with Gasteiger partial charge in [0.1, 0.15) is 0 Å². The molecule has 72 valence electrons. The van der Waals surface area contributed by atoms with E-state index in [4.69, 9.17) is 10.2 Å². The molecule has 0 saturated heterocycles. The predicted octanol–water partition coefficient (Wildman–Crippen LogP) is 2.23. The minimum atomic E-state index is -1.33. The fraction of sp³-hybridized carbons (Fsp3) is 0. The van der Waals surface area contributed by atoms with Crippen molar-refractivity contribution in [3.8, 4) is 0 Å². The number of carboxylic acids is 1. The summed E-state index contributed by atoms with van der Waals surface area (Å²) in [6.07, 6.45) is 4.33. The second kappa shape index (κ2) is 4.87. The van der Waals surface area contributed by atoms with Crippen LogP contribution in [0.15, 0.2) is 48.2 Å². The molecule has 0 unspecified atom stereocenters. The number of benzene rings is 1. The molecular formula is C11H10O3. The smallest absolute Gasteiger partial charge is 0.370 e. The molecule has 1 aromatic rings. The molecule has 0 aliphatic heterocycles. The van der Waals surface area contributed by atoms with Gasteiger partial charge in [0.25, 0.3) is 0 Å². The number of aliphatic carboxylic acids is 1. The molecule has 0 amide bonds. The lowest BCUT2D eigenvalue weighted by molar-refractivity contribution is -0.135. The van der Waals surface area contributed by atoms with Crippen LogP contribution in [0.3, 0.4) is 0 Å². The van der Waals surface area contributed by atoms with Gasteiger partial charge < -0.3 is 10.2 Å². The lowest BCUT2D eigenvalue weighted by atomic mass is 10.2. The van der Waals surface area contributed by atoms with Crippen LogP contribution in [0.5, 0.6) is 0 Å². The van der Waals surface area contributed by atoms with Crippen molar-refractivity contribution in [2.75, 3.05) is 0 Å². The second-order valence-electron chi connectivity index (χ2n) is 2.63. The molecule has 0 spiro atoms. The first-order valence-electron chi connectivity index (χ1n) is 4.06. The van der Waals surface area contributed by atoms with Crippen LogP contribution in [0.1, 0.15) is 5.56 Å². The topological polar surface area (TPSA) is 57.5 Å². The van der Waals surface area contributed by atoms with E-state index in [0.717, 1.165) is 11.6 Å². The molecule has 1 rings (SSSR count). The molecule has 3 heteroatoms. The van der Waals surface area contributed by atoms with Crippen LogP contribution in [0.2, 0.25) is 0 Å². The van der Waals surface area contributed by atoms with Gasteiger partial charge in [-0.2, -0.15) is 0 Å². The minimum absolute atomic E-state index is 0.669. The quantitative estimate of drug-likeness (QED) is 0.436. The van der Waals surface area contributed by atoms with E-state index >= 15 is 0 Å². The predicted molar refractivity (Wildman–Crippen MR) is 53.8 cm³/mol. The van der Waals surface area contributed by atoms with Crippen molar-refractivity contribution in [1.29, 1.82) is 0 Å². The standard InChI is InChI=1S/C11H10O3/c12-10(11(13)14)8-4-7-9-5-2-1-3-6-9/h1-8,12H,(H,13,14)/b7-4+,10-8-. The highest BCUT2D eigenvalue weighted by Gasteiger charge is 1.99. The van der Waals surface area contributed by atoms with Crippen molar-refractivity contribution in [1.82, 2.24) is 0 Å². The number of carbonyl (C=O) groups is 1. The molecule has 1 aromatic carbocycles. The highest BCUT2D eigenvalue weighted by Crippen LogP contribution is 2.01. The van der Waals surface area contributed by atoms with E-state index in [1.807, 2.05) is 30.3 Å². The summed E-state index contributed by atoms with van der Waals surface area (Å²) in [5.41, 5.74) is 0.946. The Balaban J connectivity index is 2.66. The number of carboxylic acid groups (broad SMARTS) is 1. The van der Waals surface area contributed by atoms with Crippen LogP contribution in [-0.4, -0.2) is 16.2 Å². The number of allylic oxidation sites excluding steroid dienone is 2. The first kappa shape index (κ1) is 10.1. The van der Waals surface area contributed by atoms with Crippen molar-refractivity contribution in [2.24, 2.45) is 0 Å². The van der Waals surface area contributed by atoms with Gasteiger partial charge in [0.05, 0.1) is 0 Å². The summed E-state index contributed by atoms with van der Waals surface area (Å²) in [6.45, 7) is 0. The minimum Gasteiger partial charge on any atom is -0.502 e. The summed E-state index contributed by atoms with van der Waals surface area (Å²) < 4.78 is 0. The van der Waals surface area contributed by atoms with Crippen molar-refractivity contribution in [3.63, 3.8) is 0 Å². The van der Waals surface area contributed by atoms with Crippen molar-refractivity contribution >= 4 is 12.0 Å². The monoisotopic (exact) mass is 190 g/mol. The Labute approximate surface area is 81.6 Å². The zero-order chi connectivity index (χ0) is 10.4. The summed E-state index contributed by atoms with van der Waals surface area (Å²) in [5, 5.41) is 17.1. The summed E-state index contributed by atoms with van der Waals surface area (Å²) in [4.78, 5) is 10.2. The molecule has 3 nitrogen and oxygen atoms in total. The second-order valence-corrected chi connectivity index (χ2v) is 2.63. The maximum atomic E-state index is 10.2. The fourth-order valence-electron chi connectivity index (χ4n) is 0.886. The third kappa shape index (κ3) is 3.15. The average molecular weight is 190 g/mol. The Morgan fingerprint density at radius 3 is 2.36 bits per heavy atom. The molecule has 0 aliphatic rings. The number of aliphatic hydroxyl groups excluding tert-OH is 1. The summed E-state index contributed by atoms with van der Waals surface area (Å²) in [5.74, 6) is -2.00. The first-order valence-corrected chi connectivity index (χ1v) is 4.06. The maximum absolute atomic E-state index is 10.2. The zero-order valence-electron chi connectivity index (χ0n) is 7.42. The Kier molecular flexibility index (Phi) is 3.49. The fourth-order valence-corrected chi connectivity index (χ4v) is 0.886. The van der Waals surface area contributed by atoms with Gasteiger partial charge in [0.2, 0.25) is 5.76 Å². The molecular weight excluding hydrogens is 180 g/mol. The molecule has 0 aliphatic carbocycles. The van der Waals surface area contributed by atoms with E-state index < -0.39 is 11.7 Å². The molecule has 0 aromatic heterocycles. The molecule has 0 heterocycles. The van der Waals surface area contributed by atoms with Gasteiger partial charge in [0, 0.05) is 0 Å². The average Bonchev–Trinajstić information content (AvgIpc) is 2.19. The Morgan fingerprint density at radius 1 is 1.14 bits per heavy atom. The Bertz CT molecular complexity index is 363. The Morgan fingerprint density at radius 2 is 1.79 bits per heavy atom. The number of aliphatic hydroxyl groups is 1. The molecule has 0 saturated carbocycles. The van der Waals surface area contributed by atoms with Crippen LogP contribution < -0.4 is 0 Å². The van der Waals surface area contributed by atoms with Gasteiger partial charge in [0.15, 0.2) is 0 Å². The number of rotatable bonds is 3. The van der Waals surface area contributed by atoms with E-state index in [0.29, 0.717) is 0 Å². The number of hydrogen-bond donors (Lipinski definition) is 2. The van der Waals surface area contributed by atoms with Crippen LogP contribution in [0, 0.1) is 0 Å². The highest BCUT2D eigenvalue weighted by atomic mass is 16.4. The van der Waals surface area contributed by atoms with E-state index in [-0.39, 0.29) is 0 Å². The SMILES string of the molecule is O=C(O)/C(O)=C/C=C/c1ccccc1. The van der Waals surface area contributed by atoms with E-state index in [2.05, 4.69) is 0 Å². The van der Waals surface area contributed by atoms with E-state index in [1.54, 1.807) is 6.08 Å². The third-order valence-corrected chi connectivity index (χ3v) is 1.56. The van der Waals surface area contributed by atoms with Crippen LogP contribution in [0.25, 0.3) is 6.08 Å². The first-order chi connectivity index (χ1) is 6.70. The van der Waals surface area contributed by atoms with Gasteiger partial charge >= 0.3 is 5.97 Å². The zero-order valence-corrected chi connectivity index (χ0v) is 7.42. The van der Waals surface area contributed by atoms with Gasteiger partial charge in [-0.3, -0.25) is 0 Å². The largest absolute Gasteiger partial charge is 0.502 e. The molecule has 0 radical (unpaired) electrons. The van der Waals surface area contributed by atoms with Crippen molar-refractivity contribution in [3.05, 3.63) is 53.8 Å². The van der Waals surface area contributed by atoms with Crippen molar-refractivity contribution < 1.29 is 15.0 Å². The normalized spacial score (nSPS) is 11.9. The summed E-state index contributed by atoms with van der Waals surface area (Å²) in [6, 6.07) is 9.40. The Hall–Kier alpha value is -2.03. The van der Waals surface area contributed by atoms with Crippen LogP contribution in [-0.2, 0) is 4.79 Å². The molecule has 0 fully saturated rings. The summed E-state index contributed by atoms with van der Waals surface area (Å²) in [7, 11) is 0. The maximum Gasteiger partial charge on any atom is 0.370 e. The van der Waals surface area contributed by atoms with Crippen LogP contribution in [0.4, 0.5) is 0 Å². The molecule has 2 N–H and O–H groups in total. The van der Waals surface area contributed by atoms with Gasteiger partial charge in [-0.25, -0.2) is 4.79 Å². The van der Waals surface area contributed by atoms with E-state index in [9.17, 15) is 4.79 Å². The molecule has 0 bridgehead atoms. The number of hydrogen-bond acceptors (Lipinski definition) is 2. The van der Waals surface area contributed by atoms with Gasteiger partial charge in [-0.05, 0) is 11.6 Å². The highest BCUT2D eigenvalue weighted by molar-refractivity contribution is 5.84. The van der Waals surface area contributed by atoms with Gasteiger partial charge in [-0.15, -0.1) is 0 Å². The lowest BCUT2D eigenvalue weighted by Crippen LogP contribution is -1.97. The van der Waals surface area contributed by atoms with Crippen LogP contribution >= 0.6 is 0 Å². The third-order valence-electron chi connectivity index (χ3n) is 1.56. The lowest BCUT2D eigenvalue weighted by Gasteiger charge is -1.89. The molecule has 0 atom stereocenters. The molecule has 14 heavy (non-hydrogen) atoms. The van der Waals surface area contributed by atoms with E-state index in [1.165, 1.54) is 6.08 Å². The summed E-state index contributed by atoms with van der Waals surface area (Å²) >= 11 is 0.